The number of nitrogens with zero attached hydrogens (tertiary/aromatic N) is 3. The van der Waals surface area contributed by atoms with Crippen LogP contribution >= 0.6 is 0 Å². The van der Waals surface area contributed by atoms with Crippen molar-refractivity contribution < 1.29 is 32.6 Å². The summed E-state index contributed by atoms with van der Waals surface area (Å²) in [5.74, 6) is -1.40. The molecule has 2 N–H and O–H groups in total. The van der Waals surface area contributed by atoms with Crippen LogP contribution in [0, 0.1) is 19.8 Å². The highest BCUT2D eigenvalue weighted by Crippen LogP contribution is 2.38. The molecule has 2 heterocycles. The predicted octanol–water partition coefficient (Wildman–Crippen LogP) is 3.35. The number of benzene rings is 2. The number of aromatic nitrogens is 2. The number of ether oxygens (including phenoxy) is 2. The van der Waals surface area contributed by atoms with Gasteiger partial charge in [0.05, 0.1) is 18.9 Å². The van der Waals surface area contributed by atoms with Crippen molar-refractivity contribution in [2.24, 2.45) is 5.92 Å². The van der Waals surface area contributed by atoms with Crippen LogP contribution in [-0.4, -0.2) is 65.8 Å². The maximum atomic E-state index is 13.8. The number of sulfonamides is 1. The number of carboxylic acid groups (broad SMARTS) is 1. The molecule has 1 saturated heterocycles. The fourth-order valence-electron chi connectivity index (χ4n) is 4.26. The van der Waals surface area contributed by atoms with Crippen molar-refractivity contribution in [3.05, 3.63) is 59.3 Å². The molecule has 5 rings (SSSR count). The molecule has 38 heavy (non-hydrogen) atoms. The molecule has 1 amide bonds. The lowest BCUT2D eigenvalue weighted by atomic mass is 10.2. The van der Waals surface area contributed by atoms with Gasteiger partial charge in [0.1, 0.15) is 10.6 Å². The number of anilines is 1. The van der Waals surface area contributed by atoms with Gasteiger partial charge in [0, 0.05) is 30.3 Å². The highest BCUT2D eigenvalue weighted by Gasteiger charge is 2.33. The largest absolute Gasteiger partial charge is 0.476 e. The van der Waals surface area contributed by atoms with E-state index in [0.29, 0.717) is 11.4 Å². The van der Waals surface area contributed by atoms with Crippen molar-refractivity contribution in [3.8, 4) is 17.3 Å². The van der Waals surface area contributed by atoms with Crippen molar-refractivity contribution in [1.29, 1.82) is 0 Å². The van der Waals surface area contributed by atoms with E-state index in [-0.39, 0.29) is 65.9 Å². The third-order valence-electron chi connectivity index (χ3n) is 6.57. The average Bonchev–Trinajstić information content (AvgIpc) is 3.71. The lowest BCUT2D eigenvalue weighted by Crippen LogP contribution is -2.40. The van der Waals surface area contributed by atoms with E-state index in [2.05, 4.69) is 10.4 Å². The summed E-state index contributed by atoms with van der Waals surface area (Å²) in [5.41, 5.74) is 1.76. The number of rotatable bonds is 8. The Labute approximate surface area is 220 Å². The number of aryl methyl sites for hydroxylation is 1. The summed E-state index contributed by atoms with van der Waals surface area (Å²) in [6, 6.07) is 11.7. The van der Waals surface area contributed by atoms with Gasteiger partial charge < -0.3 is 19.9 Å². The zero-order chi connectivity index (χ0) is 27.0. The molecular weight excluding hydrogens is 512 g/mol. The fourth-order valence-corrected chi connectivity index (χ4v) is 5.81. The van der Waals surface area contributed by atoms with Gasteiger partial charge in [0.25, 0.3) is 0 Å². The molecule has 2 aromatic carbocycles. The molecular formula is C26H28N4O7S. The van der Waals surface area contributed by atoms with E-state index in [4.69, 9.17) is 9.47 Å². The van der Waals surface area contributed by atoms with Crippen molar-refractivity contribution in [2.75, 3.05) is 31.6 Å². The normalized spacial score (nSPS) is 16.3. The Hall–Kier alpha value is -3.74. The Bertz CT molecular complexity index is 1510. The number of hydrogen-bond acceptors (Lipinski definition) is 7. The second-order valence-electron chi connectivity index (χ2n) is 9.33. The number of hydrogen-bond donors (Lipinski definition) is 2. The third-order valence-corrected chi connectivity index (χ3v) is 8.49. The summed E-state index contributed by atoms with van der Waals surface area (Å²) in [6.45, 7) is 4.26. The molecule has 1 aliphatic heterocycles. The van der Waals surface area contributed by atoms with Gasteiger partial charge in [-0.15, -0.1) is 0 Å². The number of carbonyl (C=O) groups is 2. The molecule has 11 nitrogen and oxygen atoms in total. The van der Waals surface area contributed by atoms with Gasteiger partial charge in [-0.05, 0) is 56.5 Å². The number of aromatic carboxylic acids is 1. The van der Waals surface area contributed by atoms with Crippen molar-refractivity contribution in [1.82, 2.24) is 14.1 Å². The highest BCUT2D eigenvalue weighted by atomic mass is 32.2. The summed E-state index contributed by atoms with van der Waals surface area (Å²) in [4.78, 5) is 24.1. The number of morpholine rings is 1. The van der Waals surface area contributed by atoms with Gasteiger partial charge in [0.15, 0.2) is 5.69 Å². The van der Waals surface area contributed by atoms with Gasteiger partial charge in [-0.1, -0.05) is 18.2 Å². The van der Waals surface area contributed by atoms with Crippen molar-refractivity contribution in [2.45, 2.75) is 31.6 Å². The lowest BCUT2D eigenvalue weighted by Gasteiger charge is -2.27. The minimum Gasteiger partial charge on any atom is -0.476 e. The maximum Gasteiger partial charge on any atom is 0.356 e. The Morgan fingerprint density at radius 2 is 1.82 bits per heavy atom. The first-order chi connectivity index (χ1) is 18.2. The first-order valence-corrected chi connectivity index (χ1v) is 13.7. The topological polar surface area (TPSA) is 140 Å². The van der Waals surface area contributed by atoms with Crippen LogP contribution in [0.1, 0.15) is 34.5 Å². The van der Waals surface area contributed by atoms with Crippen LogP contribution in [0.25, 0.3) is 5.69 Å². The van der Waals surface area contributed by atoms with Crippen LogP contribution in [0.15, 0.2) is 47.4 Å². The second kappa shape index (κ2) is 10.2. The van der Waals surface area contributed by atoms with Crippen LogP contribution < -0.4 is 10.1 Å². The summed E-state index contributed by atoms with van der Waals surface area (Å²) < 4.78 is 41.7. The van der Waals surface area contributed by atoms with Crippen molar-refractivity contribution in [3.63, 3.8) is 0 Å². The van der Waals surface area contributed by atoms with E-state index >= 15 is 0 Å². The van der Waals surface area contributed by atoms with E-state index in [1.807, 2.05) is 19.1 Å². The van der Waals surface area contributed by atoms with Gasteiger partial charge in [0.2, 0.25) is 21.8 Å². The zero-order valence-electron chi connectivity index (χ0n) is 21.0. The van der Waals surface area contributed by atoms with Crippen molar-refractivity contribution >= 4 is 27.6 Å². The molecule has 0 bridgehead atoms. The molecule has 1 aliphatic carbocycles. The maximum absolute atomic E-state index is 13.8. The molecule has 2 aliphatic rings. The number of para-hydroxylation sites is 1. The highest BCUT2D eigenvalue weighted by molar-refractivity contribution is 7.89. The van der Waals surface area contributed by atoms with E-state index in [0.717, 1.165) is 18.4 Å². The van der Waals surface area contributed by atoms with E-state index in [1.165, 1.54) is 21.1 Å². The van der Waals surface area contributed by atoms with Gasteiger partial charge in [-0.25, -0.2) is 13.2 Å². The quantitative estimate of drug-likeness (QED) is 0.443. The molecule has 0 spiro atoms. The lowest BCUT2D eigenvalue weighted by molar-refractivity contribution is -0.117. The van der Waals surface area contributed by atoms with Gasteiger partial charge in [-0.2, -0.15) is 14.1 Å². The minimum atomic E-state index is -4.05. The summed E-state index contributed by atoms with van der Waals surface area (Å²) in [5, 5.41) is 16.8. The number of nitrogens with one attached hydrogen (secondary N) is 1. The molecule has 2 fully saturated rings. The van der Waals surface area contributed by atoms with Crippen LogP contribution in [0.2, 0.25) is 0 Å². The SMILES string of the molecule is Cc1ccccc1-n1nc(C(=O)O)c(C)c1Oc1ccc(NC(=O)C2CC2)cc1S(=O)(=O)N1CCOCC1. The molecule has 12 heteroatoms. The standard InChI is InChI=1S/C26H28N4O7S/c1-16-5-3-4-6-20(16)30-25(17(2)23(28-30)26(32)33)37-21-10-9-19(27-24(31)18-7-8-18)15-22(21)38(34,35)29-11-13-36-14-12-29/h3-6,9-10,15,18H,7-8,11-14H2,1-2H3,(H,27,31)(H,32,33). The number of carbonyl (C=O) groups excluding carboxylic acids is 1. The molecule has 3 aromatic rings. The monoisotopic (exact) mass is 540 g/mol. The van der Waals surface area contributed by atoms with Gasteiger partial charge in [-0.3, -0.25) is 4.79 Å². The second-order valence-corrected chi connectivity index (χ2v) is 11.2. The third kappa shape index (κ3) is 5.02. The first kappa shape index (κ1) is 25.9. The smallest absolute Gasteiger partial charge is 0.356 e. The first-order valence-electron chi connectivity index (χ1n) is 12.3. The fraction of sp³-hybridized carbons (Fsp3) is 0.346. The van der Waals surface area contributed by atoms with Crippen LogP contribution in [0.3, 0.4) is 0 Å². The molecule has 0 atom stereocenters. The van der Waals surface area contributed by atoms with E-state index in [9.17, 15) is 23.1 Å². The molecule has 1 saturated carbocycles. The summed E-state index contributed by atoms with van der Waals surface area (Å²) >= 11 is 0. The Morgan fingerprint density at radius 3 is 2.47 bits per heavy atom. The number of amides is 1. The Morgan fingerprint density at radius 1 is 1.11 bits per heavy atom. The number of carboxylic acids is 1. The molecule has 0 radical (unpaired) electrons. The van der Waals surface area contributed by atoms with E-state index in [1.54, 1.807) is 25.1 Å². The average molecular weight is 541 g/mol. The minimum absolute atomic E-state index is 0.0179. The Balaban J connectivity index is 1.61. The Kier molecular flexibility index (Phi) is 6.95. The molecule has 0 unspecified atom stereocenters. The summed E-state index contributed by atoms with van der Waals surface area (Å²) in [7, 11) is -4.05. The molecule has 200 valence electrons. The molecule has 1 aromatic heterocycles. The van der Waals surface area contributed by atoms with Crippen LogP contribution in [0.4, 0.5) is 5.69 Å². The summed E-state index contributed by atoms with van der Waals surface area (Å²) in [6.07, 6.45) is 1.61. The van der Waals surface area contributed by atoms with Crippen LogP contribution in [-0.2, 0) is 19.6 Å². The van der Waals surface area contributed by atoms with E-state index < -0.39 is 16.0 Å². The predicted molar refractivity (Wildman–Crippen MR) is 137 cm³/mol. The van der Waals surface area contributed by atoms with Gasteiger partial charge >= 0.3 is 5.97 Å². The zero-order valence-corrected chi connectivity index (χ0v) is 21.8. The van der Waals surface area contributed by atoms with Crippen LogP contribution in [0.5, 0.6) is 11.6 Å².